The van der Waals surface area contributed by atoms with E-state index in [1.165, 1.54) is 0 Å². The molecule has 7 nitrogen and oxygen atoms in total. The fourth-order valence-electron chi connectivity index (χ4n) is 6.55. The van der Waals surface area contributed by atoms with Crippen molar-refractivity contribution in [2.75, 3.05) is 11.4 Å². The summed E-state index contributed by atoms with van der Waals surface area (Å²) in [6.45, 7) is 0.899. The maximum Gasteiger partial charge on any atom is 0.306 e. The highest BCUT2D eigenvalue weighted by Gasteiger charge is 2.59. The SMILES string of the molecule is O=C1N(C[C@H]2CC[C@H](C(=O)O)CC2)c2ccc(OCc3c(-c4c(Cl)cccc4Cl)noc3C3CC3)cc2C12CC2. The lowest BCUT2D eigenvalue weighted by Gasteiger charge is -2.30. The van der Waals surface area contributed by atoms with Crippen LogP contribution in [0.1, 0.15) is 74.2 Å². The Labute approximate surface area is 242 Å². The first-order valence-corrected chi connectivity index (χ1v) is 14.9. The van der Waals surface area contributed by atoms with Crippen molar-refractivity contribution in [2.24, 2.45) is 11.8 Å². The van der Waals surface area contributed by atoms with Crippen LogP contribution in [0.5, 0.6) is 5.75 Å². The Morgan fingerprint density at radius 2 is 1.80 bits per heavy atom. The third kappa shape index (κ3) is 4.38. The molecule has 0 unspecified atom stereocenters. The first-order valence-electron chi connectivity index (χ1n) is 14.1. The Morgan fingerprint density at radius 1 is 1.07 bits per heavy atom. The Kier molecular flexibility index (Phi) is 6.35. The summed E-state index contributed by atoms with van der Waals surface area (Å²) < 4.78 is 12.1. The van der Waals surface area contributed by atoms with Gasteiger partial charge in [-0.05, 0) is 93.2 Å². The van der Waals surface area contributed by atoms with Gasteiger partial charge in [0.2, 0.25) is 5.91 Å². The quantitative estimate of drug-likeness (QED) is 0.299. The second-order valence-electron chi connectivity index (χ2n) is 11.8. The van der Waals surface area contributed by atoms with Crippen molar-refractivity contribution in [3.8, 4) is 17.0 Å². The predicted octanol–water partition coefficient (Wildman–Crippen LogP) is 7.37. The molecule has 1 aromatic heterocycles. The smallest absolute Gasteiger partial charge is 0.306 e. The third-order valence-corrected chi connectivity index (χ3v) is 9.80. The molecule has 7 rings (SSSR count). The van der Waals surface area contributed by atoms with Crippen molar-refractivity contribution in [3.63, 3.8) is 0 Å². The highest BCUT2D eigenvalue weighted by molar-refractivity contribution is 6.39. The van der Waals surface area contributed by atoms with Crippen LogP contribution in [0.25, 0.3) is 11.3 Å². The van der Waals surface area contributed by atoms with Gasteiger partial charge in [0.25, 0.3) is 0 Å². The van der Waals surface area contributed by atoms with Gasteiger partial charge >= 0.3 is 5.97 Å². The summed E-state index contributed by atoms with van der Waals surface area (Å²) in [5.41, 5.74) is 3.66. The molecular weight excluding hydrogens is 551 g/mol. The molecule has 1 amide bonds. The molecule has 3 aromatic rings. The minimum atomic E-state index is -0.706. The van der Waals surface area contributed by atoms with E-state index in [1.54, 1.807) is 18.2 Å². The number of ether oxygens (including phenoxy) is 1. The molecule has 208 valence electrons. The number of aromatic nitrogens is 1. The summed E-state index contributed by atoms with van der Waals surface area (Å²) in [5.74, 6) is 1.38. The number of carbonyl (C=O) groups excluding carboxylic acids is 1. The van der Waals surface area contributed by atoms with Crippen molar-refractivity contribution in [1.82, 2.24) is 5.16 Å². The van der Waals surface area contributed by atoms with Gasteiger partial charge in [0.1, 0.15) is 23.8 Å². The van der Waals surface area contributed by atoms with E-state index >= 15 is 0 Å². The monoisotopic (exact) mass is 580 g/mol. The largest absolute Gasteiger partial charge is 0.489 e. The first-order chi connectivity index (χ1) is 19.4. The van der Waals surface area contributed by atoms with Gasteiger partial charge in [-0.25, -0.2) is 0 Å². The summed E-state index contributed by atoms with van der Waals surface area (Å²) in [4.78, 5) is 26.9. The normalized spacial score (nSPS) is 22.9. The Bertz CT molecular complexity index is 1480. The third-order valence-electron chi connectivity index (χ3n) is 9.17. The van der Waals surface area contributed by atoms with Crippen LogP contribution >= 0.6 is 23.2 Å². The van der Waals surface area contributed by atoms with Crippen molar-refractivity contribution in [3.05, 3.63) is 63.3 Å². The van der Waals surface area contributed by atoms with E-state index in [4.69, 9.17) is 32.5 Å². The molecule has 1 N–H and O–H groups in total. The molecule has 4 aliphatic rings. The van der Waals surface area contributed by atoms with Gasteiger partial charge in [-0.2, -0.15) is 0 Å². The zero-order valence-corrected chi connectivity index (χ0v) is 23.5. The van der Waals surface area contributed by atoms with Crippen molar-refractivity contribution in [2.45, 2.75) is 69.3 Å². The van der Waals surface area contributed by atoms with E-state index in [2.05, 4.69) is 5.16 Å². The summed E-state index contributed by atoms with van der Waals surface area (Å²) in [6, 6.07) is 11.3. The number of fused-ring (bicyclic) bond motifs is 2. The Balaban J connectivity index is 1.12. The Hall–Kier alpha value is -3.03. The molecule has 0 saturated heterocycles. The lowest BCUT2D eigenvalue weighted by atomic mass is 9.82. The van der Waals surface area contributed by atoms with E-state index in [9.17, 15) is 14.7 Å². The van der Waals surface area contributed by atoms with Crippen molar-refractivity contribution in [1.29, 1.82) is 0 Å². The van der Waals surface area contributed by atoms with Crippen LogP contribution in [0.3, 0.4) is 0 Å². The van der Waals surface area contributed by atoms with Gasteiger partial charge in [0, 0.05) is 23.7 Å². The number of carboxylic acid groups (broad SMARTS) is 1. The molecule has 40 heavy (non-hydrogen) atoms. The van der Waals surface area contributed by atoms with Crippen LogP contribution in [0.2, 0.25) is 10.0 Å². The number of rotatable bonds is 8. The molecule has 3 fully saturated rings. The standard InChI is InChI=1S/C31H30Cl2N2O5/c32-23-2-1-3-24(33)26(23)27-21(28(40-34-27)18-8-9-18)16-39-20-10-11-25-22(14-20)31(12-13-31)30(38)35(25)15-17-4-6-19(7-5-17)29(36)37/h1-3,10-11,14,17-19H,4-9,12-13,15-16H2,(H,36,37)/t17-,19-. The highest BCUT2D eigenvalue weighted by Crippen LogP contribution is 2.58. The minimum Gasteiger partial charge on any atom is -0.489 e. The van der Waals surface area contributed by atoms with Gasteiger partial charge in [0.15, 0.2) is 0 Å². The molecule has 0 bridgehead atoms. The number of aliphatic carboxylic acids is 1. The van der Waals surface area contributed by atoms with Crippen LogP contribution in [0, 0.1) is 11.8 Å². The van der Waals surface area contributed by atoms with Crippen LogP contribution in [0.15, 0.2) is 40.9 Å². The van der Waals surface area contributed by atoms with E-state index < -0.39 is 11.4 Å². The van der Waals surface area contributed by atoms with E-state index in [0.29, 0.717) is 58.3 Å². The zero-order chi connectivity index (χ0) is 27.6. The molecule has 3 aliphatic carbocycles. The van der Waals surface area contributed by atoms with Crippen molar-refractivity contribution < 1.29 is 24.0 Å². The average Bonchev–Trinajstić information content (AvgIpc) is 3.88. The maximum absolute atomic E-state index is 13.6. The van der Waals surface area contributed by atoms with Crippen molar-refractivity contribution >= 4 is 40.8 Å². The molecule has 3 saturated carbocycles. The maximum atomic E-state index is 13.6. The highest BCUT2D eigenvalue weighted by atomic mass is 35.5. The van der Waals surface area contributed by atoms with Gasteiger partial charge in [-0.1, -0.05) is 34.4 Å². The number of hydrogen-bond donors (Lipinski definition) is 1. The lowest BCUT2D eigenvalue weighted by Crippen LogP contribution is -2.37. The second-order valence-corrected chi connectivity index (χ2v) is 12.6. The molecule has 0 atom stereocenters. The number of nitrogens with zero attached hydrogens (tertiary/aromatic N) is 2. The van der Waals surface area contributed by atoms with Crippen LogP contribution < -0.4 is 9.64 Å². The van der Waals surface area contributed by atoms with Crippen LogP contribution in [-0.2, 0) is 21.6 Å². The van der Waals surface area contributed by atoms with Gasteiger partial charge in [-0.15, -0.1) is 0 Å². The number of hydrogen-bond acceptors (Lipinski definition) is 5. The van der Waals surface area contributed by atoms with Gasteiger partial charge in [-0.3, -0.25) is 9.59 Å². The molecule has 1 spiro atoms. The minimum absolute atomic E-state index is 0.172. The predicted molar refractivity (Wildman–Crippen MR) is 151 cm³/mol. The zero-order valence-electron chi connectivity index (χ0n) is 22.0. The molecule has 1 aliphatic heterocycles. The van der Waals surface area contributed by atoms with Gasteiger partial charge in [0.05, 0.1) is 26.9 Å². The number of anilines is 1. The molecular formula is C31H30Cl2N2O5. The number of carboxylic acids is 1. The van der Waals surface area contributed by atoms with E-state index in [1.807, 2.05) is 23.1 Å². The second kappa shape index (κ2) is 9.81. The summed E-state index contributed by atoms with van der Waals surface area (Å²) in [5, 5.41) is 14.7. The van der Waals surface area contributed by atoms with E-state index in [-0.39, 0.29) is 18.4 Å². The summed E-state index contributed by atoms with van der Waals surface area (Å²) >= 11 is 13.0. The van der Waals surface area contributed by atoms with E-state index in [0.717, 1.165) is 61.1 Å². The van der Waals surface area contributed by atoms with Crippen LogP contribution in [-0.4, -0.2) is 28.7 Å². The number of carbonyl (C=O) groups is 2. The lowest BCUT2D eigenvalue weighted by molar-refractivity contribution is -0.143. The molecule has 2 heterocycles. The fraction of sp³-hybridized carbons (Fsp3) is 0.452. The fourth-order valence-corrected chi connectivity index (χ4v) is 7.13. The number of halogens is 2. The van der Waals surface area contributed by atoms with Gasteiger partial charge < -0.3 is 19.3 Å². The summed E-state index contributed by atoms with van der Waals surface area (Å²) in [6.07, 6.45) is 6.83. The van der Waals surface area contributed by atoms with Crippen LogP contribution in [0.4, 0.5) is 5.69 Å². The molecule has 9 heteroatoms. The first kappa shape index (κ1) is 25.9. The molecule has 2 aromatic carbocycles. The number of amides is 1. The average molecular weight is 581 g/mol. The Morgan fingerprint density at radius 3 is 2.45 bits per heavy atom. The summed E-state index contributed by atoms with van der Waals surface area (Å²) in [7, 11) is 0. The topological polar surface area (TPSA) is 92.9 Å². The molecule has 0 radical (unpaired) electrons. The number of benzene rings is 2.